The molecule has 2 rings (SSSR count). The zero-order valence-corrected chi connectivity index (χ0v) is 13.7. The lowest BCUT2D eigenvalue weighted by molar-refractivity contribution is 0.0382. The zero-order chi connectivity index (χ0) is 15.3. The number of urea groups is 1. The van der Waals surface area contributed by atoms with E-state index in [2.05, 4.69) is 35.9 Å². The van der Waals surface area contributed by atoms with Crippen LogP contribution in [0.5, 0.6) is 0 Å². The van der Waals surface area contributed by atoms with Crippen LogP contribution in [0.4, 0.5) is 4.79 Å². The van der Waals surface area contributed by atoms with Gasteiger partial charge in [0.25, 0.3) is 0 Å². The number of morpholine rings is 1. The SMILES string of the molecule is CC(C)(C)N1CCN(C(=O)NCCN2CCOCC2)CC1. The smallest absolute Gasteiger partial charge is 0.317 e. The minimum Gasteiger partial charge on any atom is -0.379 e. The van der Waals surface area contributed by atoms with Crippen molar-refractivity contribution in [3.63, 3.8) is 0 Å². The monoisotopic (exact) mass is 298 g/mol. The number of hydrogen-bond donors (Lipinski definition) is 1. The standard InChI is InChI=1S/C15H30N4O2/c1-15(2,3)19-8-6-18(7-9-19)14(20)16-4-5-17-10-12-21-13-11-17/h4-13H2,1-3H3,(H,16,20). The van der Waals surface area contributed by atoms with Crippen molar-refractivity contribution in [3.05, 3.63) is 0 Å². The van der Waals surface area contributed by atoms with Crippen LogP contribution in [0.2, 0.25) is 0 Å². The molecule has 0 aromatic rings. The molecule has 2 amide bonds. The molecule has 0 aromatic carbocycles. The first-order valence-corrected chi connectivity index (χ1v) is 8.05. The third-order valence-electron chi connectivity index (χ3n) is 4.32. The predicted molar refractivity (Wildman–Crippen MR) is 83.6 cm³/mol. The minimum atomic E-state index is 0.0804. The average Bonchev–Trinajstić information content (AvgIpc) is 2.47. The Kier molecular flexibility index (Phi) is 5.84. The highest BCUT2D eigenvalue weighted by Gasteiger charge is 2.27. The lowest BCUT2D eigenvalue weighted by Crippen LogP contribution is -2.56. The molecule has 0 aliphatic carbocycles. The molecule has 2 aliphatic rings. The lowest BCUT2D eigenvalue weighted by Gasteiger charge is -2.42. The summed E-state index contributed by atoms with van der Waals surface area (Å²) in [5, 5.41) is 3.04. The third kappa shape index (κ3) is 5.13. The highest BCUT2D eigenvalue weighted by molar-refractivity contribution is 5.74. The Labute approximate surface area is 128 Å². The van der Waals surface area contributed by atoms with Crippen molar-refractivity contribution in [3.8, 4) is 0 Å². The molecule has 6 heteroatoms. The van der Waals surface area contributed by atoms with Gasteiger partial charge in [0.15, 0.2) is 0 Å². The largest absolute Gasteiger partial charge is 0.379 e. The van der Waals surface area contributed by atoms with Crippen molar-refractivity contribution in [2.45, 2.75) is 26.3 Å². The van der Waals surface area contributed by atoms with Crippen molar-refractivity contribution in [2.75, 3.05) is 65.6 Å². The summed E-state index contributed by atoms with van der Waals surface area (Å²) in [5.74, 6) is 0. The average molecular weight is 298 g/mol. The molecule has 0 aromatic heterocycles. The number of hydrogen-bond acceptors (Lipinski definition) is 4. The first-order chi connectivity index (χ1) is 9.97. The second kappa shape index (κ2) is 7.42. The summed E-state index contributed by atoms with van der Waals surface area (Å²) in [4.78, 5) is 18.9. The maximum atomic E-state index is 12.1. The number of carbonyl (C=O) groups is 1. The summed E-state index contributed by atoms with van der Waals surface area (Å²) < 4.78 is 5.32. The van der Waals surface area contributed by atoms with Crippen LogP contribution in [-0.4, -0.2) is 91.8 Å². The van der Waals surface area contributed by atoms with Crippen LogP contribution < -0.4 is 5.32 Å². The van der Waals surface area contributed by atoms with Crippen LogP contribution in [-0.2, 0) is 4.74 Å². The summed E-state index contributed by atoms with van der Waals surface area (Å²) in [6.07, 6.45) is 0. The third-order valence-corrected chi connectivity index (χ3v) is 4.32. The Morgan fingerprint density at radius 3 is 2.24 bits per heavy atom. The van der Waals surface area contributed by atoms with E-state index >= 15 is 0 Å². The molecular formula is C15H30N4O2. The summed E-state index contributed by atoms with van der Waals surface area (Å²) in [7, 11) is 0. The van der Waals surface area contributed by atoms with Gasteiger partial charge in [0.05, 0.1) is 13.2 Å². The van der Waals surface area contributed by atoms with Crippen LogP contribution in [0.3, 0.4) is 0 Å². The second-order valence-electron chi connectivity index (χ2n) is 6.83. The van der Waals surface area contributed by atoms with Crippen LogP contribution in [0.15, 0.2) is 0 Å². The summed E-state index contributed by atoms with van der Waals surface area (Å²) in [6, 6.07) is 0.0804. The normalized spacial score (nSPS) is 22.3. The Balaban J connectivity index is 1.63. The molecule has 0 atom stereocenters. The predicted octanol–water partition coefficient (Wildman–Crippen LogP) is 0.444. The topological polar surface area (TPSA) is 48.0 Å². The fraction of sp³-hybridized carbons (Fsp3) is 0.933. The Morgan fingerprint density at radius 2 is 1.67 bits per heavy atom. The van der Waals surface area contributed by atoms with Crippen LogP contribution in [0.25, 0.3) is 0 Å². The molecule has 2 fully saturated rings. The Morgan fingerprint density at radius 1 is 1.05 bits per heavy atom. The Bertz CT molecular complexity index is 329. The van der Waals surface area contributed by atoms with Crippen molar-refractivity contribution < 1.29 is 9.53 Å². The highest BCUT2D eigenvalue weighted by atomic mass is 16.5. The van der Waals surface area contributed by atoms with Gasteiger partial charge in [-0.05, 0) is 20.8 Å². The van der Waals surface area contributed by atoms with Gasteiger partial charge in [0, 0.05) is 57.9 Å². The number of rotatable bonds is 3. The van der Waals surface area contributed by atoms with Gasteiger partial charge in [-0.1, -0.05) is 0 Å². The quantitative estimate of drug-likeness (QED) is 0.821. The molecule has 0 saturated carbocycles. The maximum Gasteiger partial charge on any atom is 0.317 e. The van der Waals surface area contributed by atoms with Crippen LogP contribution in [0.1, 0.15) is 20.8 Å². The number of nitrogens with zero attached hydrogens (tertiary/aromatic N) is 3. The van der Waals surface area contributed by atoms with E-state index in [1.54, 1.807) is 0 Å². The maximum absolute atomic E-state index is 12.1. The van der Waals surface area contributed by atoms with E-state index in [-0.39, 0.29) is 11.6 Å². The van der Waals surface area contributed by atoms with E-state index in [0.29, 0.717) is 0 Å². The number of ether oxygens (including phenoxy) is 1. The molecule has 122 valence electrons. The van der Waals surface area contributed by atoms with E-state index in [4.69, 9.17) is 4.74 Å². The first kappa shape index (κ1) is 16.5. The summed E-state index contributed by atoms with van der Waals surface area (Å²) in [5.41, 5.74) is 0.193. The molecule has 2 saturated heterocycles. The molecule has 2 aliphatic heterocycles. The first-order valence-electron chi connectivity index (χ1n) is 8.05. The van der Waals surface area contributed by atoms with Crippen LogP contribution >= 0.6 is 0 Å². The zero-order valence-electron chi connectivity index (χ0n) is 13.7. The van der Waals surface area contributed by atoms with E-state index in [1.807, 2.05) is 4.90 Å². The van der Waals surface area contributed by atoms with E-state index in [0.717, 1.165) is 65.6 Å². The number of carbonyl (C=O) groups excluding carboxylic acids is 1. The van der Waals surface area contributed by atoms with Gasteiger partial charge in [-0.15, -0.1) is 0 Å². The van der Waals surface area contributed by atoms with Crippen molar-refractivity contribution in [1.29, 1.82) is 0 Å². The summed E-state index contributed by atoms with van der Waals surface area (Å²) in [6.45, 7) is 15.4. The molecular weight excluding hydrogens is 268 g/mol. The van der Waals surface area contributed by atoms with Crippen molar-refractivity contribution in [1.82, 2.24) is 20.0 Å². The van der Waals surface area contributed by atoms with E-state index in [9.17, 15) is 4.79 Å². The fourth-order valence-corrected chi connectivity index (χ4v) is 2.84. The molecule has 0 radical (unpaired) electrons. The molecule has 21 heavy (non-hydrogen) atoms. The molecule has 2 heterocycles. The molecule has 0 unspecified atom stereocenters. The number of nitrogens with one attached hydrogen (secondary N) is 1. The van der Waals surface area contributed by atoms with Crippen LogP contribution in [0, 0.1) is 0 Å². The van der Waals surface area contributed by atoms with Gasteiger partial charge >= 0.3 is 6.03 Å². The van der Waals surface area contributed by atoms with Gasteiger partial charge in [-0.2, -0.15) is 0 Å². The number of amides is 2. The van der Waals surface area contributed by atoms with Crippen molar-refractivity contribution in [2.24, 2.45) is 0 Å². The van der Waals surface area contributed by atoms with Crippen molar-refractivity contribution >= 4 is 6.03 Å². The minimum absolute atomic E-state index is 0.0804. The van der Waals surface area contributed by atoms with Gasteiger partial charge < -0.3 is 15.0 Å². The fourth-order valence-electron chi connectivity index (χ4n) is 2.84. The highest BCUT2D eigenvalue weighted by Crippen LogP contribution is 2.15. The number of piperazine rings is 1. The molecule has 1 N–H and O–H groups in total. The van der Waals surface area contributed by atoms with E-state index in [1.165, 1.54) is 0 Å². The van der Waals surface area contributed by atoms with Gasteiger partial charge in [-0.25, -0.2) is 4.79 Å². The molecule has 0 bridgehead atoms. The molecule has 0 spiro atoms. The van der Waals surface area contributed by atoms with Gasteiger partial charge in [0.2, 0.25) is 0 Å². The second-order valence-corrected chi connectivity index (χ2v) is 6.83. The van der Waals surface area contributed by atoms with Gasteiger partial charge in [0.1, 0.15) is 0 Å². The molecule has 6 nitrogen and oxygen atoms in total. The lowest BCUT2D eigenvalue weighted by atomic mass is 10.1. The van der Waals surface area contributed by atoms with E-state index < -0.39 is 0 Å². The summed E-state index contributed by atoms with van der Waals surface area (Å²) >= 11 is 0. The van der Waals surface area contributed by atoms with Gasteiger partial charge in [-0.3, -0.25) is 9.80 Å². The Hall–Kier alpha value is -0.850.